The molecule has 2 N–H and O–H groups in total. The highest BCUT2D eigenvalue weighted by Gasteiger charge is 2.27. The van der Waals surface area contributed by atoms with Gasteiger partial charge in [0, 0.05) is 12.1 Å². The average molecular weight is 247 g/mol. The van der Waals surface area contributed by atoms with Crippen LogP contribution in [0.3, 0.4) is 0 Å². The summed E-state index contributed by atoms with van der Waals surface area (Å²) in [7, 11) is 0. The first-order valence-corrected chi connectivity index (χ1v) is 7.01. The van der Waals surface area contributed by atoms with Gasteiger partial charge in [-0.3, -0.25) is 0 Å². The molecule has 100 valence electrons. The lowest BCUT2D eigenvalue weighted by molar-refractivity contribution is 0.200. The first kappa shape index (κ1) is 13.4. The second kappa shape index (κ2) is 5.31. The van der Waals surface area contributed by atoms with Crippen molar-refractivity contribution in [3.8, 4) is 5.75 Å². The highest BCUT2D eigenvalue weighted by molar-refractivity contribution is 5.29. The van der Waals surface area contributed by atoms with Gasteiger partial charge in [-0.25, -0.2) is 0 Å². The van der Waals surface area contributed by atoms with E-state index in [1.165, 1.54) is 31.2 Å². The van der Waals surface area contributed by atoms with E-state index >= 15 is 0 Å². The number of phenolic OH excluding ortho intramolecular Hbond substituents is 1. The van der Waals surface area contributed by atoms with Gasteiger partial charge in [0.15, 0.2) is 0 Å². The fourth-order valence-electron chi connectivity index (χ4n) is 2.81. The standard InChI is InChI=1S/C16H25NO/c1-12(13-5-4-6-15(18)11-13)17-14-7-9-16(2,3)10-8-14/h4-6,11-12,14,17-18H,7-10H2,1-3H3. The van der Waals surface area contributed by atoms with Crippen molar-refractivity contribution in [1.29, 1.82) is 0 Å². The number of aromatic hydroxyl groups is 1. The Labute approximate surface area is 110 Å². The van der Waals surface area contributed by atoms with E-state index < -0.39 is 0 Å². The smallest absolute Gasteiger partial charge is 0.115 e. The fourth-order valence-corrected chi connectivity index (χ4v) is 2.81. The summed E-state index contributed by atoms with van der Waals surface area (Å²) in [5, 5.41) is 13.2. The molecule has 0 radical (unpaired) electrons. The molecule has 0 aromatic heterocycles. The van der Waals surface area contributed by atoms with Gasteiger partial charge in [-0.2, -0.15) is 0 Å². The molecule has 2 heteroatoms. The van der Waals surface area contributed by atoms with Crippen molar-refractivity contribution in [3.05, 3.63) is 29.8 Å². The molecular weight excluding hydrogens is 222 g/mol. The maximum atomic E-state index is 9.51. The summed E-state index contributed by atoms with van der Waals surface area (Å²) in [6, 6.07) is 8.49. The van der Waals surface area contributed by atoms with Gasteiger partial charge in [0.05, 0.1) is 0 Å². The molecule has 1 fully saturated rings. The molecule has 1 aliphatic rings. The molecule has 0 aliphatic heterocycles. The molecule has 1 aromatic rings. The highest BCUT2D eigenvalue weighted by Crippen LogP contribution is 2.35. The van der Waals surface area contributed by atoms with E-state index in [1.54, 1.807) is 6.07 Å². The van der Waals surface area contributed by atoms with Crippen molar-refractivity contribution in [2.75, 3.05) is 0 Å². The van der Waals surface area contributed by atoms with Gasteiger partial charge in [-0.1, -0.05) is 26.0 Å². The van der Waals surface area contributed by atoms with Gasteiger partial charge in [0.25, 0.3) is 0 Å². The van der Waals surface area contributed by atoms with E-state index in [0.717, 1.165) is 0 Å². The molecule has 1 unspecified atom stereocenters. The fraction of sp³-hybridized carbons (Fsp3) is 0.625. The molecule has 1 aliphatic carbocycles. The van der Waals surface area contributed by atoms with E-state index in [9.17, 15) is 5.11 Å². The van der Waals surface area contributed by atoms with Gasteiger partial charge in [0.2, 0.25) is 0 Å². The van der Waals surface area contributed by atoms with Crippen molar-refractivity contribution in [1.82, 2.24) is 5.32 Å². The van der Waals surface area contributed by atoms with Crippen LogP contribution in [0.2, 0.25) is 0 Å². The van der Waals surface area contributed by atoms with Gasteiger partial charge in [0.1, 0.15) is 5.75 Å². The number of rotatable bonds is 3. The summed E-state index contributed by atoms with van der Waals surface area (Å²) >= 11 is 0. The van der Waals surface area contributed by atoms with Crippen LogP contribution in [0, 0.1) is 5.41 Å². The second-order valence-electron chi connectivity index (χ2n) is 6.42. The van der Waals surface area contributed by atoms with Gasteiger partial charge in [-0.15, -0.1) is 0 Å². The lowest BCUT2D eigenvalue weighted by Crippen LogP contribution is -2.36. The van der Waals surface area contributed by atoms with Crippen LogP contribution >= 0.6 is 0 Å². The normalized spacial score (nSPS) is 21.7. The quantitative estimate of drug-likeness (QED) is 0.845. The Bertz CT molecular complexity index is 390. The van der Waals surface area contributed by atoms with Crippen LogP contribution in [0.15, 0.2) is 24.3 Å². The zero-order chi connectivity index (χ0) is 13.2. The minimum Gasteiger partial charge on any atom is -0.508 e. The van der Waals surface area contributed by atoms with Crippen molar-refractivity contribution in [2.24, 2.45) is 5.41 Å². The Morgan fingerprint density at radius 3 is 2.56 bits per heavy atom. The first-order chi connectivity index (χ1) is 8.46. The number of hydrogen-bond acceptors (Lipinski definition) is 2. The third-order valence-electron chi connectivity index (χ3n) is 4.20. The van der Waals surface area contributed by atoms with E-state index in [2.05, 4.69) is 32.2 Å². The molecule has 0 saturated heterocycles. The second-order valence-corrected chi connectivity index (χ2v) is 6.42. The molecule has 0 amide bonds. The summed E-state index contributed by atoms with van der Waals surface area (Å²) in [6.45, 7) is 6.90. The minimum absolute atomic E-state index is 0.309. The molecule has 2 nitrogen and oxygen atoms in total. The topological polar surface area (TPSA) is 32.3 Å². The molecule has 1 atom stereocenters. The summed E-state index contributed by atoms with van der Waals surface area (Å²) in [6.07, 6.45) is 5.13. The molecule has 0 bridgehead atoms. The molecule has 0 heterocycles. The van der Waals surface area contributed by atoms with Crippen molar-refractivity contribution in [2.45, 2.75) is 58.5 Å². The Morgan fingerprint density at radius 1 is 1.28 bits per heavy atom. The zero-order valence-electron chi connectivity index (χ0n) is 11.7. The van der Waals surface area contributed by atoms with Gasteiger partial charge >= 0.3 is 0 Å². The maximum Gasteiger partial charge on any atom is 0.115 e. The lowest BCUT2D eigenvalue weighted by Gasteiger charge is -2.36. The van der Waals surface area contributed by atoms with Crippen LogP contribution in [0.25, 0.3) is 0 Å². The lowest BCUT2D eigenvalue weighted by atomic mass is 9.75. The number of nitrogens with one attached hydrogen (secondary N) is 1. The molecule has 1 saturated carbocycles. The van der Waals surface area contributed by atoms with E-state index in [0.29, 0.717) is 23.2 Å². The van der Waals surface area contributed by atoms with Crippen molar-refractivity contribution >= 4 is 0 Å². The monoisotopic (exact) mass is 247 g/mol. The minimum atomic E-state index is 0.309. The number of hydrogen-bond donors (Lipinski definition) is 2. The maximum absolute atomic E-state index is 9.51. The summed E-state index contributed by atoms with van der Waals surface area (Å²) in [5.74, 6) is 0.353. The highest BCUT2D eigenvalue weighted by atomic mass is 16.3. The van der Waals surface area contributed by atoms with Crippen LogP contribution < -0.4 is 5.32 Å². The number of phenols is 1. The predicted molar refractivity (Wildman–Crippen MR) is 75.7 cm³/mol. The number of benzene rings is 1. The first-order valence-electron chi connectivity index (χ1n) is 7.01. The Balaban J connectivity index is 1.90. The zero-order valence-corrected chi connectivity index (χ0v) is 11.7. The Morgan fingerprint density at radius 2 is 1.94 bits per heavy atom. The van der Waals surface area contributed by atoms with Crippen LogP contribution in [0.4, 0.5) is 0 Å². The largest absolute Gasteiger partial charge is 0.508 e. The van der Waals surface area contributed by atoms with E-state index in [-0.39, 0.29) is 0 Å². The van der Waals surface area contributed by atoms with E-state index in [1.807, 2.05) is 12.1 Å². The Hall–Kier alpha value is -1.02. The third-order valence-corrected chi connectivity index (χ3v) is 4.20. The van der Waals surface area contributed by atoms with Gasteiger partial charge in [-0.05, 0) is 55.7 Å². The molecule has 1 aromatic carbocycles. The molecule has 18 heavy (non-hydrogen) atoms. The van der Waals surface area contributed by atoms with Crippen LogP contribution in [0.1, 0.15) is 58.1 Å². The van der Waals surface area contributed by atoms with E-state index in [4.69, 9.17) is 0 Å². The van der Waals surface area contributed by atoms with Crippen molar-refractivity contribution in [3.63, 3.8) is 0 Å². The molecule has 2 rings (SSSR count). The summed E-state index contributed by atoms with van der Waals surface area (Å²) in [5.41, 5.74) is 1.69. The van der Waals surface area contributed by atoms with Crippen LogP contribution in [-0.2, 0) is 0 Å². The summed E-state index contributed by atoms with van der Waals surface area (Å²) < 4.78 is 0. The van der Waals surface area contributed by atoms with Crippen LogP contribution in [-0.4, -0.2) is 11.1 Å². The van der Waals surface area contributed by atoms with Crippen molar-refractivity contribution < 1.29 is 5.11 Å². The SMILES string of the molecule is CC(NC1CCC(C)(C)CC1)c1cccc(O)c1. The van der Waals surface area contributed by atoms with Crippen LogP contribution in [0.5, 0.6) is 5.75 Å². The third kappa shape index (κ3) is 3.49. The Kier molecular flexibility index (Phi) is 3.96. The molecule has 0 spiro atoms. The average Bonchev–Trinajstić information content (AvgIpc) is 2.32. The summed E-state index contributed by atoms with van der Waals surface area (Å²) in [4.78, 5) is 0. The molecular formula is C16H25NO. The predicted octanol–water partition coefficient (Wildman–Crippen LogP) is 4.01. The van der Waals surface area contributed by atoms with Gasteiger partial charge < -0.3 is 10.4 Å².